The quantitative estimate of drug-likeness (QED) is 0.771. The number of nitrogens with one attached hydrogen (secondary N) is 2. The lowest BCUT2D eigenvalue weighted by Crippen LogP contribution is -2.40. The number of carboxylic acid groups (broad SMARTS) is 1. The molecule has 0 spiro atoms. The zero-order chi connectivity index (χ0) is 16.1. The zero-order valence-electron chi connectivity index (χ0n) is 12.2. The van der Waals surface area contributed by atoms with E-state index < -0.39 is 17.9 Å². The van der Waals surface area contributed by atoms with Crippen LogP contribution in [0.4, 0.5) is 5.69 Å². The Bertz CT molecular complexity index is 603. The molecule has 0 fully saturated rings. The SMILES string of the molecule is CCCC(NC(=O)c1ccc2c(c1)NC(=O)CCS2)C(=O)O. The highest BCUT2D eigenvalue weighted by Gasteiger charge is 2.21. The first-order valence-electron chi connectivity index (χ1n) is 7.11. The predicted molar refractivity (Wildman–Crippen MR) is 84.2 cm³/mol. The van der Waals surface area contributed by atoms with Gasteiger partial charge >= 0.3 is 5.97 Å². The van der Waals surface area contributed by atoms with Gasteiger partial charge in [-0.3, -0.25) is 9.59 Å². The highest BCUT2D eigenvalue weighted by Crippen LogP contribution is 2.31. The Morgan fingerprint density at radius 1 is 1.45 bits per heavy atom. The van der Waals surface area contributed by atoms with E-state index in [4.69, 9.17) is 5.11 Å². The van der Waals surface area contributed by atoms with Crippen LogP contribution in [-0.4, -0.2) is 34.7 Å². The number of hydrogen-bond acceptors (Lipinski definition) is 4. The molecule has 0 aromatic heterocycles. The summed E-state index contributed by atoms with van der Waals surface area (Å²) >= 11 is 1.55. The van der Waals surface area contributed by atoms with Gasteiger partial charge in [0, 0.05) is 22.6 Å². The van der Waals surface area contributed by atoms with Crippen LogP contribution in [0.2, 0.25) is 0 Å². The van der Waals surface area contributed by atoms with Crippen LogP contribution >= 0.6 is 11.8 Å². The predicted octanol–water partition coefficient (Wildman–Crippen LogP) is 2.10. The van der Waals surface area contributed by atoms with Crippen molar-refractivity contribution in [2.45, 2.75) is 37.1 Å². The van der Waals surface area contributed by atoms with E-state index in [0.717, 1.165) is 4.90 Å². The molecular formula is C15H18N2O4S. The number of benzene rings is 1. The normalized spacial score (nSPS) is 15.2. The summed E-state index contributed by atoms with van der Waals surface area (Å²) in [6.45, 7) is 1.86. The van der Waals surface area contributed by atoms with Crippen LogP contribution in [0, 0.1) is 0 Å². The summed E-state index contributed by atoms with van der Waals surface area (Å²) in [5, 5.41) is 14.4. The van der Waals surface area contributed by atoms with E-state index in [0.29, 0.717) is 36.3 Å². The van der Waals surface area contributed by atoms with Gasteiger partial charge in [0.15, 0.2) is 0 Å². The fourth-order valence-electron chi connectivity index (χ4n) is 2.15. The van der Waals surface area contributed by atoms with Crippen molar-refractivity contribution in [1.29, 1.82) is 0 Å². The molecule has 0 saturated carbocycles. The third-order valence-electron chi connectivity index (χ3n) is 3.28. The smallest absolute Gasteiger partial charge is 0.326 e. The second-order valence-electron chi connectivity index (χ2n) is 5.01. The minimum atomic E-state index is -1.05. The van der Waals surface area contributed by atoms with Gasteiger partial charge in [-0.1, -0.05) is 13.3 Å². The molecule has 7 heteroatoms. The molecular weight excluding hydrogens is 304 g/mol. The van der Waals surface area contributed by atoms with Crippen LogP contribution in [0.5, 0.6) is 0 Å². The van der Waals surface area contributed by atoms with Crippen LogP contribution in [0.3, 0.4) is 0 Å². The molecule has 22 heavy (non-hydrogen) atoms. The number of carboxylic acids is 1. The summed E-state index contributed by atoms with van der Waals surface area (Å²) in [5.74, 6) is -0.888. The minimum absolute atomic E-state index is 0.0850. The average Bonchev–Trinajstić information content (AvgIpc) is 2.66. The molecule has 1 atom stereocenters. The Morgan fingerprint density at radius 2 is 2.23 bits per heavy atom. The van der Waals surface area contributed by atoms with Crippen molar-refractivity contribution < 1.29 is 19.5 Å². The number of fused-ring (bicyclic) bond motifs is 1. The molecule has 0 saturated heterocycles. The number of thioether (sulfide) groups is 1. The van der Waals surface area contributed by atoms with E-state index in [-0.39, 0.29) is 5.91 Å². The number of amides is 2. The molecule has 6 nitrogen and oxygen atoms in total. The Morgan fingerprint density at radius 3 is 2.91 bits per heavy atom. The summed E-state index contributed by atoms with van der Waals surface area (Å²) in [5.41, 5.74) is 0.936. The number of rotatable bonds is 5. The molecule has 0 bridgehead atoms. The summed E-state index contributed by atoms with van der Waals surface area (Å²) in [7, 11) is 0. The van der Waals surface area contributed by atoms with E-state index in [9.17, 15) is 14.4 Å². The van der Waals surface area contributed by atoms with E-state index >= 15 is 0 Å². The molecule has 2 rings (SSSR count). The van der Waals surface area contributed by atoms with E-state index in [2.05, 4.69) is 10.6 Å². The van der Waals surface area contributed by atoms with Gasteiger partial charge in [0.1, 0.15) is 6.04 Å². The first kappa shape index (κ1) is 16.4. The molecule has 1 aliphatic heterocycles. The lowest BCUT2D eigenvalue weighted by Gasteiger charge is -2.14. The molecule has 3 N–H and O–H groups in total. The molecule has 1 aromatic carbocycles. The van der Waals surface area contributed by atoms with Crippen molar-refractivity contribution >= 4 is 35.2 Å². The highest BCUT2D eigenvalue weighted by atomic mass is 32.2. The third-order valence-corrected chi connectivity index (χ3v) is 4.36. The van der Waals surface area contributed by atoms with Crippen LogP contribution in [0.25, 0.3) is 0 Å². The van der Waals surface area contributed by atoms with Crippen molar-refractivity contribution in [1.82, 2.24) is 5.32 Å². The summed E-state index contributed by atoms with van der Waals surface area (Å²) in [6, 6.07) is 4.10. The number of anilines is 1. The van der Waals surface area contributed by atoms with Crippen molar-refractivity contribution in [3.8, 4) is 0 Å². The minimum Gasteiger partial charge on any atom is -0.480 e. The molecule has 1 aromatic rings. The third kappa shape index (κ3) is 4.00. The first-order chi connectivity index (χ1) is 10.5. The monoisotopic (exact) mass is 322 g/mol. The van der Waals surface area contributed by atoms with E-state index in [1.165, 1.54) is 0 Å². The van der Waals surface area contributed by atoms with Gasteiger partial charge in [-0.2, -0.15) is 0 Å². The summed E-state index contributed by atoms with van der Waals surface area (Å²) in [4.78, 5) is 35.8. The van der Waals surface area contributed by atoms with Crippen LogP contribution in [-0.2, 0) is 9.59 Å². The van der Waals surface area contributed by atoms with Gasteiger partial charge in [0.25, 0.3) is 5.91 Å². The lowest BCUT2D eigenvalue weighted by molar-refractivity contribution is -0.139. The van der Waals surface area contributed by atoms with Gasteiger partial charge in [0.05, 0.1) is 5.69 Å². The Balaban J connectivity index is 2.16. The van der Waals surface area contributed by atoms with Gasteiger partial charge in [-0.05, 0) is 24.6 Å². The zero-order valence-corrected chi connectivity index (χ0v) is 13.0. The van der Waals surface area contributed by atoms with Gasteiger partial charge in [-0.25, -0.2) is 4.79 Å². The Labute approximate surface area is 132 Å². The fraction of sp³-hybridized carbons (Fsp3) is 0.400. The number of hydrogen-bond donors (Lipinski definition) is 3. The molecule has 1 unspecified atom stereocenters. The molecule has 1 aliphatic rings. The molecule has 2 amide bonds. The van der Waals surface area contributed by atoms with Gasteiger partial charge in [-0.15, -0.1) is 11.8 Å². The average molecular weight is 322 g/mol. The van der Waals surface area contributed by atoms with Crippen molar-refractivity contribution in [3.63, 3.8) is 0 Å². The second-order valence-corrected chi connectivity index (χ2v) is 6.15. The summed E-state index contributed by atoms with van der Waals surface area (Å²) < 4.78 is 0. The second kappa shape index (κ2) is 7.31. The number of aliphatic carboxylic acids is 1. The van der Waals surface area contributed by atoms with Gasteiger partial charge in [0.2, 0.25) is 5.91 Å². The number of carbonyl (C=O) groups excluding carboxylic acids is 2. The number of carbonyl (C=O) groups is 3. The van der Waals surface area contributed by atoms with Gasteiger partial charge < -0.3 is 15.7 Å². The highest BCUT2D eigenvalue weighted by molar-refractivity contribution is 7.99. The lowest BCUT2D eigenvalue weighted by atomic mass is 10.1. The van der Waals surface area contributed by atoms with E-state index in [1.54, 1.807) is 30.0 Å². The maximum atomic E-state index is 12.2. The van der Waals surface area contributed by atoms with Crippen molar-refractivity contribution in [2.24, 2.45) is 0 Å². The van der Waals surface area contributed by atoms with E-state index in [1.807, 2.05) is 6.92 Å². The largest absolute Gasteiger partial charge is 0.480 e. The molecule has 0 aliphatic carbocycles. The van der Waals surface area contributed by atoms with Crippen LogP contribution in [0.15, 0.2) is 23.1 Å². The Hall–Kier alpha value is -2.02. The first-order valence-corrected chi connectivity index (χ1v) is 8.10. The maximum absolute atomic E-state index is 12.2. The van der Waals surface area contributed by atoms with Crippen LogP contribution in [0.1, 0.15) is 36.5 Å². The van der Waals surface area contributed by atoms with Crippen molar-refractivity contribution in [2.75, 3.05) is 11.1 Å². The standard InChI is InChI=1S/C15H18N2O4S/c1-2-3-10(15(20)21)17-14(19)9-4-5-12-11(8-9)16-13(18)6-7-22-12/h4-5,8,10H,2-3,6-7H2,1H3,(H,16,18)(H,17,19)(H,20,21). The van der Waals surface area contributed by atoms with Crippen LogP contribution < -0.4 is 10.6 Å². The summed E-state index contributed by atoms with van der Waals surface area (Å²) in [6.07, 6.45) is 1.46. The Kier molecular flexibility index (Phi) is 5.43. The fourth-order valence-corrected chi connectivity index (χ4v) is 3.09. The maximum Gasteiger partial charge on any atom is 0.326 e. The topological polar surface area (TPSA) is 95.5 Å². The molecule has 118 valence electrons. The molecule has 1 heterocycles. The molecule has 0 radical (unpaired) electrons. The van der Waals surface area contributed by atoms with Crippen molar-refractivity contribution in [3.05, 3.63) is 23.8 Å².